The number of methoxy groups -OCH3 is 1. The lowest BCUT2D eigenvalue weighted by molar-refractivity contribution is -0.120. The first-order valence-electron chi connectivity index (χ1n) is 9.19. The van der Waals surface area contributed by atoms with Gasteiger partial charge >= 0.3 is 0 Å². The minimum atomic E-state index is -1.99. The molecule has 0 saturated carbocycles. The summed E-state index contributed by atoms with van der Waals surface area (Å²) in [6.07, 6.45) is 3.48. The summed E-state index contributed by atoms with van der Waals surface area (Å²) >= 11 is 0. The Hall–Kier alpha value is -1.65. The highest BCUT2D eigenvalue weighted by atomic mass is 28.4. The Bertz CT molecular complexity index is 726. The molecule has 0 aromatic heterocycles. The number of allylic oxidation sites excluding steroid dienone is 2. The van der Waals surface area contributed by atoms with Gasteiger partial charge in [-0.2, -0.15) is 0 Å². The van der Waals surface area contributed by atoms with Crippen LogP contribution in [-0.2, 0) is 19.4 Å². The second-order valence-corrected chi connectivity index (χ2v) is 13.5. The third-order valence-electron chi connectivity index (χ3n) is 5.79. The standard InChI is InChI=1S/C22H32O3Si/c1-16(25-26(7,8)21(2,3)4)19-14-18(24-6)15-22(5,20(19)23)17-12-10-9-11-13-17/h9-16H,1-8H3/t16-,22-/m0/s1. The Morgan fingerprint density at radius 3 is 2.19 bits per heavy atom. The summed E-state index contributed by atoms with van der Waals surface area (Å²) in [6, 6.07) is 9.86. The van der Waals surface area contributed by atoms with Gasteiger partial charge in [-0.15, -0.1) is 0 Å². The van der Waals surface area contributed by atoms with E-state index in [0.717, 1.165) is 5.56 Å². The van der Waals surface area contributed by atoms with Crippen LogP contribution in [0, 0.1) is 0 Å². The van der Waals surface area contributed by atoms with Crippen molar-refractivity contribution in [3.05, 3.63) is 59.4 Å². The Morgan fingerprint density at radius 1 is 1.12 bits per heavy atom. The van der Waals surface area contributed by atoms with Crippen LogP contribution in [0.1, 0.15) is 40.2 Å². The predicted octanol–water partition coefficient (Wildman–Crippen LogP) is 5.39. The molecule has 0 spiro atoms. The number of ether oxygens (including phenoxy) is 1. The van der Waals surface area contributed by atoms with Crippen molar-refractivity contribution in [2.45, 2.75) is 64.3 Å². The van der Waals surface area contributed by atoms with E-state index in [0.29, 0.717) is 11.3 Å². The van der Waals surface area contributed by atoms with Gasteiger partial charge < -0.3 is 9.16 Å². The number of carbonyl (C=O) groups is 1. The van der Waals surface area contributed by atoms with Crippen molar-refractivity contribution in [2.24, 2.45) is 0 Å². The molecule has 26 heavy (non-hydrogen) atoms. The molecule has 3 nitrogen and oxygen atoms in total. The maximum Gasteiger partial charge on any atom is 0.192 e. The molecule has 0 heterocycles. The van der Waals surface area contributed by atoms with Crippen molar-refractivity contribution in [3.8, 4) is 0 Å². The maximum atomic E-state index is 13.5. The zero-order chi connectivity index (χ0) is 19.8. The lowest BCUT2D eigenvalue weighted by atomic mass is 9.72. The lowest BCUT2D eigenvalue weighted by Crippen LogP contribution is -2.46. The van der Waals surface area contributed by atoms with Gasteiger partial charge in [0.05, 0.1) is 18.6 Å². The second-order valence-electron chi connectivity index (χ2n) is 8.77. The number of rotatable bonds is 5. The van der Waals surface area contributed by atoms with E-state index < -0.39 is 13.7 Å². The average molecular weight is 373 g/mol. The topological polar surface area (TPSA) is 35.5 Å². The number of carbonyl (C=O) groups excluding carboxylic acids is 1. The molecule has 1 aromatic rings. The van der Waals surface area contributed by atoms with Crippen LogP contribution >= 0.6 is 0 Å². The minimum absolute atomic E-state index is 0.0794. The summed E-state index contributed by atoms with van der Waals surface area (Å²) in [5, 5.41) is 0.0855. The molecule has 0 aliphatic heterocycles. The van der Waals surface area contributed by atoms with Crippen LogP contribution < -0.4 is 0 Å². The third-order valence-corrected chi connectivity index (χ3v) is 10.3. The fourth-order valence-electron chi connectivity index (χ4n) is 3.01. The quantitative estimate of drug-likeness (QED) is 0.650. The molecule has 0 N–H and O–H groups in total. The lowest BCUT2D eigenvalue weighted by Gasteiger charge is -2.40. The molecule has 0 bridgehead atoms. The SMILES string of the molecule is COC1=C[C@@](C)(c2ccccc2)C(=O)C([C@H](C)O[Si](C)(C)C(C)(C)C)=C1. The molecule has 2 rings (SSSR count). The number of hydrogen-bond donors (Lipinski definition) is 0. The molecule has 0 saturated heterocycles. The number of benzene rings is 1. The fourth-order valence-corrected chi connectivity index (χ4v) is 4.38. The summed E-state index contributed by atoms with van der Waals surface area (Å²) in [4.78, 5) is 13.5. The maximum absolute atomic E-state index is 13.5. The van der Waals surface area contributed by atoms with Gasteiger partial charge in [0.25, 0.3) is 0 Å². The molecule has 1 aliphatic rings. The number of hydrogen-bond acceptors (Lipinski definition) is 3. The molecule has 0 radical (unpaired) electrons. The van der Waals surface area contributed by atoms with Crippen molar-refractivity contribution in [1.82, 2.24) is 0 Å². The van der Waals surface area contributed by atoms with Gasteiger partial charge in [0.2, 0.25) is 0 Å². The van der Waals surface area contributed by atoms with Crippen LogP contribution in [0.3, 0.4) is 0 Å². The van der Waals surface area contributed by atoms with E-state index in [-0.39, 0.29) is 16.9 Å². The first kappa shape index (κ1) is 20.7. The smallest absolute Gasteiger partial charge is 0.192 e. The molecule has 142 valence electrons. The Balaban J connectivity index is 2.42. The monoisotopic (exact) mass is 372 g/mol. The van der Waals surface area contributed by atoms with E-state index in [4.69, 9.17) is 9.16 Å². The van der Waals surface area contributed by atoms with Crippen molar-refractivity contribution in [1.29, 1.82) is 0 Å². The normalized spacial score (nSPS) is 22.5. The first-order chi connectivity index (χ1) is 11.9. The van der Waals surface area contributed by atoms with Gasteiger partial charge in [-0.1, -0.05) is 51.1 Å². The van der Waals surface area contributed by atoms with Crippen LogP contribution in [0.5, 0.6) is 0 Å². The predicted molar refractivity (Wildman–Crippen MR) is 110 cm³/mol. The van der Waals surface area contributed by atoms with Gasteiger partial charge in [0.1, 0.15) is 5.76 Å². The van der Waals surface area contributed by atoms with Crippen LogP contribution in [-0.4, -0.2) is 27.3 Å². The summed E-state index contributed by atoms with van der Waals surface area (Å²) in [5.74, 6) is 0.785. The van der Waals surface area contributed by atoms with E-state index in [1.165, 1.54) is 0 Å². The summed E-state index contributed by atoms with van der Waals surface area (Å²) in [6.45, 7) is 15.0. The van der Waals surface area contributed by atoms with Crippen molar-refractivity contribution >= 4 is 14.1 Å². The van der Waals surface area contributed by atoms with E-state index in [2.05, 4.69) is 33.9 Å². The van der Waals surface area contributed by atoms with Gasteiger partial charge in [-0.3, -0.25) is 4.79 Å². The Morgan fingerprint density at radius 2 is 1.69 bits per heavy atom. The highest BCUT2D eigenvalue weighted by molar-refractivity contribution is 6.74. The van der Waals surface area contributed by atoms with Gasteiger partial charge in [-0.05, 0) is 49.7 Å². The minimum Gasteiger partial charge on any atom is -0.497 e. The van der Waals surface area contributed by atoms with E-state index in [1.54, 1.807) is 7.11 Å². The van der Waals surface area contributed by atoms with Crippen molar-refractivity contribution < 1.29 is 14.0 Å². The number of ketones is 1. The molecule has 1 aliphatic carbocycles. The molecule has 4 heteroatoms. The molecule has 2 atom stereocenters. The fraction of sp³-hybridized carbons (Fsp3) is 0.500. The number of Topliss-reactive ketones (excluding diaryl/α,β-unsaturated/α-hetero) is 1. The first-order valence-corrected chi connectivity index (χ1v) is 12.1. The average Bonchev–Trinajstić information content (AvgIpc) is 2.56. The van der Waals surface area contributed by atoms with Crippen LogP contribution in [0.15, 0.2) is 53.8 Å². The third kappa shape index (κ3) is 3.86. The highest BCUT2D eigenvalue weighted by Gasteiger charge is 2.43. The molecule has 0 fully saturated rings. The Kier molecular flexibility index (Phi) is 5.69. The van der Waals surface area contributed by atoms with E-state index >= 15 is 0 Å². The van der Waals surface area contributed by atoms with E-state index in [1.807, 2.05) is 56.3 Å². The molecule has 0 unspecified atom stereocenters. The van der Waals surface area contributed by atoms with Crippen LogP contribution in [0.2, 0.25) is 18.1 Å². The van der Waals surface area contributed by atoms with E-state index in [9.17, 15) is 4.79 Å². The summed E-state index contributed by atoms with van der Waals surface area (Å²) < 4.78 is 12.0. The molecule has 1 aromatic carbocycles. The largest absolute Gasteiger partial charge is 0.497 e. The van der Waals surface area contributed by atoms with Crippen LogP contribution in [0.25, 0.3) is 0 Å². The van der Waals surface area contributed by atoms with Crippen LogP contribution in [0.4, 0.5) is 0 Å². The second kappa shape index (κ2) is 7.16. The zero-order valence-electron chi connectivity index (χ0n) is 17.3. The molecular weight excluding hydrogens is 340 g/mol. The zero-order valence-corrected chi connectivity index (χ0v) is 18.3. The highest BCUT2D eigenvalue weighted by Crippen LogP contribution is 2.40. The van der Waals surface area contributed by atoms with Crippen molar-refractivity contribution in [3.63, 3.8) is 0 Å². The van der Waals surface area contributed by atoms with Gasteiger partial charge in [0.15, 0.2) is 14.1 Å². The molecular formula is C22H32O3Si. The van der Waals surface area contributed by atoms with Crippen molar-refractivity contribution in [2.75, 3.05) is 7.11 Å². The Labute approximate surface area is 159 Å². The van der Waals surface area contributed by atoms with Gasteiger partial charge in [0, 0.05) is 5.57 Å². The summed E-state index contributed by atoms with van der Waals surface area (Å²) in [7, 11) is -0.353. The van der Waals surface area contributed by atoms with Gasteiger partial charge in [-0.25, -0.2) is 0 Å². The molecule has 0 amide bonds. The summed E-state index contributed by atoms with van der Waals surface area (Å²) in [5.41, 5.74) is 0.895.